The molecule has 2 heterocycles. The number of methoxy groups -OCH3 is 2. The van der Waals surface area contributed by atoms with Crippen LogP contribution in [0, 0.1) is 0 Å². The summed E-state index contributed by atoms with van der Waals surface area (Å²) < 4.78 is 37.5. The van der Waals surface area contributed by atoms with Gasteiger partial charge in [0.25, 0.3) is 0 Å². The topological polar surface area (TPSA) is 106 Å². The lowest BCUT2D eigenvalue weighted by Crippen LogP contribution is -2.28. The number of sulfonamides is 1. The average Bonchev–Trinajstić information content (AvgIpc) is 3.22. The first-order valence-electron chi connectivity index (χ1n) is 8.34. The molecule has 0 saturated carbocycles. The quantitative estimate of drug-likeness (QED) is 0.803. The monoisotopic (exact) mass is 392 g/mol. The van der Waals surface area contributed by atoms with Crippen LogP contribution in [0.2, 0.25) is 0 Å². The minimum Gasteiger partial charge on any atom is -0.481 e. The van der Waals surface area contributed by atoms with E-state index in [-0.39, 0.29) is 16.3 Å². The number of nitrogens with zero attached hydrogens (tertiary/aromatic N) is 2. The van der Waals surface area contributed by atoms with E-state index < -0.39 is 16.0 Å². The molecule has 0 bridgehead atoms. The molecule has 2 aromatic rings. The molecule has 144 valence electrons. The molecule has 1 fully saturated rings. The summed E-state index contributed by atoms with van der Waals surface area (Å²) in [7, 11) is -0.883. The number of rotatable bonds is 6. The number of aromatic carboxylic acids is 1. The van der Waals surface area contributed by atoms with Crippen LogP contribution in [0.15, 0.2) is 35.2 Å². The number of benzene rings is 1. The Balaban J connectivity index is 2.17. The fourth-order valence-electron chi connectivity index (χ4n) is 3.02. The van der Waals surface area contributed by atoms with E-state index in [1.807, 2.05) is 0 Å². The molecule has 0 radical (unpaired) electrons. The molecule has 3 rings (SSSR count). The predicted molar refractivity (Wildman–Crippen MR) is 97.7 cm³/mol. The normalized spacial score (nSPS) is 14.9. The highest BCUT2D eigenvalue weighted by atomic mass is 32.2. The van der Waals surface area contributed by atoms with Crippen molar-refractivity contribution in [3.05, 3.63) is 35.9 Å². The smallest absolute Gasteiger partial charge is 0.335 e. The molecule has 0 spiro atoms. The zero-order valence-corrected chi connectivity index (χ0v) is 15.8. The van der Waals surface area contributed by atoms with Crippen LogP contribution in [0.1, 0.15) is 23.2 Å². The van der Waals surface area contributed by atoms with Crippen LogP contribution in [-0.2, 0) is 10.0 Å². The second kappa shape index (κ2) is 7.53. The number of aromatic nitrogens is 1. The molecule has 1 aliphatic rings. The molecule has 0 atom stereocenters. The van der Waals surface area contributed by atoms with Gasteiger partial charge in [-0.25, -0.2) is 13.2 Å². The van der Waals surface area contributed by atoms with Gasteiger partial charge in [-0.3, -0.25) is 0 Å². The fraction of sp³-hybridized carbons (Fsp3) is 0.333. The van der Waals surface area contributed by atoms with Gasteiger partial charge in [0, 0.05) is 24.7 Å². The van der Waals surface area contributed by atoms with Crippen LogP contribution in [0.4, 0.5) is 0 Å². The van der Waals surface area contributed by atoms with Crippen molar-refractivity contribution < 1.29 is 27.8 Å². The zero-order chi connectivity index (χ0) is 19.6. The summed E-state index contributed by atoms with van der Waals surface area (Å²) in [5.41, 5.74) is 0.738. The van der Waals surface area contributed by atoms with Gasteiger partial charge in [0.15, 0.2) is 0 Å². The Morgan fingerprint density at radius 3 is 2.41 bits per heavy atom. The summed E-state index contributed by atoms with van der Waals surface area (Å²) in [6, 6.07) is 7.28. The SMILES string of the molecule is COc1ccc(-c2cc(C(=O)O)cc(S(=O)(=O)N3CCCC3)c2)c(OC)n1. The van der Waals surface area contributed by atoms with Gasteiger partial charge in [-0.2, -0.15) is 9.29 Å². The molecule has 0 aliphatic carbocycles. The van der Waals surface area contributed by atoms with Crippen LogP contribution in [0.5, 0.6) is 11.8 Å². The summed E-state index contributed by atoms with van der Waals surface area (Å²) in [4.78, 5) is 15.7. The second-order valence-corrected chi connectivity index (χ2v) is 8.01. The molecule has 0 amide bonds. The average molecular weight is 392 g/mol. The molecule has 1 N–H and O–H groups in total. The number of hydrogen-bond acceptors (Lipinski definition) is 6. The van der Waals surface area contributed by atoms with Gasteiger partial charge in [0.05, 0.1) is 24.7 Å². The molecule has 8 nitrogen and oxygen atoms in total. The Hall–Kier alpha value is -2.65. The van der Waals surface area contributed by atoms with Crippen LogP contribution in [0.3, 0.4) is 0 Å². The van der Waals surface area contributed by atoms with E-state index in [9.17, 15) is 18.3 Å². The summed E-state index contributed by atoms with van der Waals surface area (Å²) >= 11 is 0. The van der Waals surface area contributed by atoms with Gasteiger partial charge in [0.2, 0.25) is 21.8 Å². The van der Waals surface area contributed by atoms with E-state index in [0.29, 0.717) is 30.1 Å². The van der Waals surface area contributed by atoms with Crippen LogP contribution in [0.25, 0.3) is 11.1 Å². The van der Waals surface area contributed by atoms with E-state index >= 15 is 0 Å². The van der Waals surface area contributed by atoms with E-state index in [4.69, 9.17) is 9.47 Å². The minimum absolute atomic E-state index is 0.0582. The van der Waals surface area contributed by atoms with Gasteiger partial charge >= 0.3 is 5.97 Å². The van der Waals surface area contributed by atoms with Crippen molar-refractivity contribution in [2.45, 2.75) is 17.7 Å². The molecule has 9 heteroatoms. The second-order valence-electron chi connectivity index (χ2n) is 6.07. The molecule has 0 unspecified atom stereocenters. The van der Waals surface area contributed by atoms with Gasteiger partial charge in [0.1, 0.15) is 0 Å². The van der Waals surface area contributed by atoms with Crippen LogP contribution >= 0.6 is 0 Å². The van der Waals surface area contributed by atoms with Crippen molar-refractivity contribution in [3.63, 3.8) is 0 Å². The van der Waals surface area contributed by atoms with Crippen molar-refractivity contribution in [1.29, 1.82) is 0 Å². The molecule has 1 saturated heterocycles. The number of ether oxygens (including phenoxy) is 2. The number of hydrogen-bond donors (Lipinski definition) is 1. The summed E-state index contributed by atoms with van der Waals surface area (Å²) in [6.07, 6.45) is 1.59. The molecule has 27 heavy (non-hydrogen) atoms. The third-order valence-corrected chi connectivity index (χ3v) is 6.28. The van der Waals surface area contributed by atoms with Crippen molar-refractivity contribution >= 4 is 16.0 Å². The first-order chi connectivity index (χ1) is 12.9. The molecule has 1 aromatic heterocycles. The number of pyridine rings is 1. The maximum absolute atomic E-state index is 12.9. The zero-order valence-electron chi connectivity index (χ0n) is 15.0. The predicted octanol–water partition coefficient (Wildman–Crippen LogP) is 2.25. The Morgan fingerprint density at radius 2 is 1.81 bits per heavy atom. The Bertz CT molecular complexity index is 968. The maximum Gasteiger partial charge on any atom is 0.335 e. The summed E-state index contributed by atoms with van der Waals surface area (Å²) in [5, 5.41) is 9.45. The lowest BCUT2D eigenvalue weighted by molar-refractivity contribution is 0.0696. The van der Waals surface area contributed by atoms with E-state index in [0.717, 1.165) is 12.8 Å². The van der Waals surface area contributed by atoms with Gasteiger partial charge in [-0.15, -0.1) is 0 Å². The van der Waals surface area contributed by atoms with Gasteiger partial charge < -0.3 is 14.6 Å². The standard InChI is InChI=1S/C18H20N2O6S/c1-25-16-6-5-15(17(19-16)26-2)12-9-13(18(21)22)11-14(10-12)27(23,24)20-7-3-4-8-20/h5-6,9-11H,3-4,7-8H2,1-2H3,(H,21,22). The highest BCUT2D eigenvalue weighted by Gasteiger charge is 2.28. The molecular formula is C18H20N2O6S. The van der Waals surface area contributed by atoms with Crippen molar-refractivity contribution in [3.8, 4) is 22.9 Å². The number of carboxylic acids is 1. The van der Waals surface area contributed by atoms with Gasteiger partial charge in [-0.05, 0) is 42.7 Å². The van der Waals surface area contributed by atoms with Crippen molar-refractivity contribution in [2.24, 2.45) is 0 Å². The Morgan fingerprint density at radius 1 is 1.11 bits per heavy atom. The van der Waals surface area contributed by atoms with E-state index in [2.05, 4.69) is 4.98 Å². The largest absolute Gasteiger partial charge is 0.481 e. The number of carbonyl (C=O) groups is 1. The van der Waals surface area contributed by atoms with Crippen molar-refractivity contribution in [2.75, 3.05) is 27.3 Å². The maximum atomic E-state index is 12.9. The highest BCUT2D eigenvalue weighted by Crippen LogP contribution is 2.33. The Labute approximate surface area is 157 Å². The van der Waals surface area contributed by atoms with Crippen LogP contribution < -0.4 is 9.47 Å². The van der Waals surface area contributed by atoms with E-state index in [1.165, 1.54) is 36.7 Å². The first-order valence-corrected chi connectivity index (χ1v) is 9.78. The molecule has 1 aromatic carbocycles. The highest BCUT2D eigenvalue weighted by molar-refractivity contribution is 7.89. The molecular weight excluding hydrogens is 372 g/mol. The summed E-state index contributed by atoms with van der Waals surface area (Å²) in [6.45, 7) is 0.866. The third-order valence-electron chi connectivity index (χ3n) is 4.40. The fourth-order valence-corrected chi connectivity index (χ4v) is 4.61. The molecule has 1 aliphatic heterocycles. The first kappa shape index (κ1) is 19.1. The van der Waals surface area contributed by atoms with Crippen LogP contribution in [-0.4, -0.2) is 56.1 Å². The van der Waals surface area contributed by atoms with E-state index in [1.54, 1.807) is 12.1 Å². The lowest BCUT2D eigenvalue weighted by atomic mass is 10.0. The van der Waals surface area contributed by atoms with Gasteiger partial charge in [-0.1, -0.05) is 0 Å². The third kappa shape index (κ3) is 3.74. The Kier molecular flexibility index (Phi) is 5.33. The minimum atomic E-state index is -3.77. The van der Waals surface area contributed by atoms with Crippen molar-refractivity contribution in [1.82, 2.24) is 9.29 Å². The summed E-state index contributed by atoms with van der Waals surface area (Å²) in [5.74, 6) is -0.675. The lowest BCUT2D eigenvalue weighted by Gasteiger charge is -2.17. The number of carboxylic acid groups (broad SMARTS) is 1.